The molecule has 0 atom stereocenters. The molecular formula is C13H21N7. The minimum Gasteiger partial charge on any atom is -0.330 e. The highest BCUT2D eigenvalue weighted by molar-refractivity contribution is 5.00. The Labute approximate surface area is 118 Å². The van der Waals surface area contributed by atoms with Gasteiger partial charge in [0, 0.05) is 19.2 Å². The van der Waals surface area contributed by atoms with E-state index in [-0.39, 0.29) is 0 Å². The zero-order chi connectivity index (χ0) is 13.8. The molecule has 108 valence electrons. The van der Waals surface area contributed by atoms with Gasteiger partial charge in [-0.2, -0.15) is 0 Å². The number of nitrogens with two attached hydrogens (primary N) is 1. The molecule has 0 aromatic carbocycles. The molecule has 3 rings (SSSR count). The fraction of sp³-hybridized carbons (Fsp3) is 0.692. The summed E-state index contributed by atoms with van der Waals surface area (Å²) in [5, 5.41) is 16.9. The van der Waals surface area contributed by atoms with Crippen LogP contribution in [0.1, 0.15) is 43.0 Å². The summed E-state index contributed by atoms with van der Waals surface area (Å²) in [4.78, 5) is 0. The molecule has 20 heavy (non-hydrogen) atoms. The molecule has 0 unspecified atom stereocenters. The summed E-state index contributed by atoms with van der Waals surface area (Å²) in [5.74, 6) is 2.09. The van der Waals surface area contributed by atoms with E-state index in [2.05, 4.69) is 25.1 Å². The predicted molar refractivity (Wildman–Crippen MR) is 74.1 cm³/mol. The van der Waals surface area contributed by atoms with Crippen LogP contribution < -0.4 is 5.73 Å². The quantitative estimate of drug-likeness (QED) is 0.777. The van der Waals surface area contributed by atoms with Crippen molar-refractivity contribution < 1.29 is 0 Å². The largest absolute Gasteiger partial charge is 0.330 e. The predicted octanol–water partition coefficient (Wildman–Crippen LogP) is 0.536. The molecule has 7 nitrogen and oxygen atoms in total. The lowest BCUT2D eigenvalue weighted by Crippen LogP contribution is -2.15. The first-order valence-corrected chi connectivity index (χ1v) is 7.37. The van der Waals surface area contributed by atoms with Gasteiger partial charge in [-0.25, -0.2) is 4.68 Å². The first kappa shape index (κ1) is 13.2. The average Bonchev–Trinajstić information content (AvgIpc) is 3.08. The summed E-state index contributed by atoms with van der Waals surface area (Å²) in [6, 6.07) is 0. The van der Waals surface area contributed by atoms with E-state index in [0.29, 0.717) is 6.54 Å². The van der Waals surface area contributed by atoms with Gasteiger partial charge >= 0.3 is 0 Å². The van der Waals surface area contributed by atoms with Crippen molar-refractivity contribution in [2.45, 2.75) is 51.6 Å². The molecule has 2 aromatic heterocycles. The second kappa shape index (κ2) is 6.13. The maximum Gasteiger partial charge on any atom is 0.154 e. The molecule has 0 fully saturated rings. The Morgan fingerprint density at radius 3 is 3.00 bits per heavy atom. The summed E-state index contributed by atoms with van der Waals surface area (Å²) in [7, 11) is 0. The van der Waals surface area contributed by atoms with Gasteiger partial charge in [0.15, 0.2) is 5.82 Å². The van der Waals surface area contributed by atoms with E-state index in [0.717, 1.165) is 56.1 Å². The Morgan fingerprint density at radius 1 is 1.15 bits per heavy atom. The second-order valence-corrected chi connectivity index (χ2v) is 5.29. The Balaban J connectivity index is 1.64. The summed E-state index contributed by atoms with van der Waals surface area (Å²) < 4.78 is 4.07. The van der Waals surface area contributed by atoms with E-state index in [1.807, 2.05) is 10.9 Å². The summed E-state index contributed by atoms with van der Waals surface area (Å²) in [5.41, 5.74) is 6.52. The van der Waals surface area contributed by atoms with Gasteiger partial charge < -0.3 is 10.3 Å². The van der Waals surface area contributed by atoms with E-state index in [1.165, 1.54) is 12.8 Å². The van der Waals surface area contributed by atoms with Gasteiger partial charge in [-0.3, -0.25) is 0 Å². The van der Waals surface area contributed by atoms with E-state index in [4.69, 9.17) is 5.73 Å². The van der Waals surface area contributed by atoms with Crippen LogP contribution in [0, 0.1) is 0 Å². The number of fused-ring (bicyclic) bond motifs is 1. The maximum absolute atomic E-state index is 5.49. The van der Waals surface area contributed by atoms with Crippen LogP contribution in [-0.2, 0) is 25.9 Å². The van der Waals surface area contributed by atoms with E-state index in [9.17, 15) is 0 Å². The summed E-state index contributed by atoms with van der Waals surface area (Å²) in [6.07, 6.45) is 8.50. The van der Waals surface area contributed by atoms with Gasteiger partial charge in [0.1, 0.15) is 12.4 Å². The normalized spacial score (nSPS) is 14.4. The SMILES string of the molecule is NCCCCc1cn(Cc2nnc3n2CCCC3)nn1. The van der Waals surface area contributed by atoms with Crippen molar-refractivity contribution in [2.24, 2.45) is 5.73 Å². The maximum atomic E-state index is 5.49. The number of aromatic nitrogens is 6. The molecule has 2 aromatic rings. The minimum absolute atomic E-state index is 0.650. The first-order valence-electron chi connectivity index (χ1n) is 7.37. The number of hydrogen-bond donors (Lipinski definition) is 1. The zero-order valence-corrected chi connectivity index (χ0v) is 11.7. The van der Waals surface area contributed by atoms with Crippen molar-refractivity contribution in [3.8, 4) is 0 Å². The fourth-order valence-corrected chi connectivity index (χ4v) is 2.61. The molecule has 1 aliphatic rings. The lowest BCUT2D eigenvalue weighted by molar-refractivity contribution is 0.493. The summed E-state index contributed by atoms with van der Waals surface area (Å²) >= 11 is 0. The van der Waals surface area contributed by atoms with Crippen LogP contribution >= 0.6 is 0 Å². The van der Waals surface area contributed by atoms with Crippen molar-refractivity contribution in [3.05, 3.63) is 23.5 Å². The van der Waals surface area contributed by atoms with Crippen LogP contribution in [0.15, 0.2) is 6.20 Å². The van der Waals surface area contributed by atoms with Crippen LogP contribution in [0.2, 0.25) is 0 Å². The van der Waals surface area contributed by atoms with Gasteiger partial charge in [0.25, 0.3) is 0 Å². The van der Waals surface area contributed by atoms with Gasteiger partial charge in [-0.1, -0.05) is 5.21 Å². The number of nitrogens with zero attached hydrogens (tertiary/aromatic N) is 6. The second-order valence-electron chi connectivity index (χ2n) is 5.29. The van der Waals surface area contributed by atoms with Crippen LogP contribution in [-0.4, -0.2) is 36.3 Å². The number of unbranched alkanes of at least 4 members (excludes halogenated alkanes) is 1. The van der Waals surface area contributed by atoms with Gasteiger partial charge in [0.2, 0.25) is 0 Å². The monoisotopic (exact) mass is 275 g/mol. The number of aryl methyl sites for hydroxylation is 2. The highest BCUT2D eigenvalue weighted by Gasteiger charge is 2.16. The van der Waals surface area contributed by atoms with Gasteiger partial charge in [-0.05, 0) is 38.6 Å². The highest BCUT2D eigenvalue weighted by Crippen LogP contribution is 2.14. The third-order valence-electron chi connectivity index (χ3n) is 3.71. The van der Waals surface area contributed by atoms with Crippen LogP contribution in [0.5, 0.6) is 0 Å². The molecule has 0 radical (unpaired) electrons. The van der Waals surface area contributed by atoms with E-state index in [1.54, 1.807) is 0 Å². The molecular weight excluding hydrogens is 254 g/mol. The lowest BCUT2D eigenvalue weighted by Gasteiger charge is -2.14. The third-order valence-corrected chi connectivity index (χ3v) is 3.71. The first-order chi connectivity index (χ1) is 9.86. The van der Waals surface area contributed by atoms with Crippen molar-refractivity contribution in [1.29, 1.82) is 0 Å². The average molecular weight is 275 g/mol. The van der Waals surface area contributed by atoms with Gasteiger partial charge in [0.05, 0.1) is 5.69 Å². The molecule has 0 bridgehead atoms. The Kier molecular flexibility index (Phi) is 4.05. The molecule has 0 saturated carbocycles. The molecule has 0 aliphatic carbocycles. The summed E-state index contributed by atoms with van der Waals surface area (Å²) in [6.45, 7) is 2.41. The van der Waals surface area contributed by atoms with Crippen LogP contribution in [0.25, 0.3) is 0 Å². The Morgan fingerprint density at radius 2 is 2.10 bits per heavy atom. The minimum atomic E-state index is 0.650. The van der Waals surface area contributed by atoms with Crippen molar-refractivity contribution >= 4 is 0 Å². The van der Waals surface area contributed by atoms with E-state index < -0.39 is 0 Å². The van der Waals surface area contributed by atoms with Crippen LogP contribution in [0.4, 0.5) is 0 Å². The molecule has 1 aliphatic heterocycles. The molecule has 3 heterocycles. The molecule has 2 N–H and O–H groups in total. The standard InChI is InChI=1S/C13H21N7/c14-7-3-1-5-11-9-19(18-15-11)10-13-17-16-12-6-2-4-8-20(12)13/h9H,1-8,10,14H2. The molecule has 0 saturated heterocycles. The molecule has 7 heteroatoms. The lowest BCUT2D eigenvalue weighted by atomic mass is 10.2. The third kappa shape index (κ3) is 2.87. The van der Waals surface area contributed by atoms with Crippen molar-refractivity contribution in [2.75, 3.05) is 6.54 Å². The topological polar surface area (TPSA) is 87.4 Å². The molecule has 0 amide bonds. The molecule has 0 spiro atoms. The zero-order valence-electron chi connectivity index (χ0n) is 11.7. The Hall–Kier alpha value is -1.76. The van der Waals surface area contributed by atoms with Crippen LogP contribution in [0.3, 0.4) is 0 Å². The number of hydrogen-bond acceptors (Lipinski definition) is 5. The number of rotatable bonds is 6. The van der Waals surface area contributed by atoms with E-state index >= 15 is 0 Å². The smallest absolute Gasteiger partial charge is 0.154 e. The fourth-order valence-electron chi connectivity index (χ4n) is 2.61. The van der Waals surface area contributed by atoms with Crippen molar-refractivity contribution in [3.63, 3.8) is 0 Å². The van der Waals surface area contributed by atoms with Gasteiger partial charge in [-0.15, -0.1) is 15.3 Å². The Bertz CT molecular complexity index is 557. The highest BCUT2D eigenvalue weighted by atomic mass is 15.4. The van der Waals surface area contributed by atoms with Crippen molar-refractivity contribution in [1.82, 2.24) is 29.8 Å².